The van der Waals surface area contributed by atoms with Crippen LogP contribution in [0.1, 0.15) is 0 Å². The third-order valence-electron chi connectivity index (χ3n) is 10.5. The first-order valence-corrected chi connectivity index (χ1v) is 17.7. The summed E-state index contributed by atoms with van der Waals surface area (Å²) in [6, 6.07) is 47.7. The molecule has 0 bridgehead atoms. The van der Waals surface area contributed by atoms with Crippen molar-refractivity contribution in [3.8, 4) is 74.0 Å². The molecule has 55 heavy (non-hydrogen) atoms. The number of fused-ring (bicyclic) bond motifs is 7. The molecule has 10 rings (SSSR count). The van der Waals surface area contributed by atoms with Crippen LogP contribution in [0.5, 0.6) is 28.7 Å². The van der Waals surface area contributed by atoms with Gasteiger partial charge in [0.05, 0.1) is 5.56 Å². The predicted octanol–water partition coefficient (Wildman–Crippen LogP) is 10.8. The molecule has 8 nitrogen and oxygen atoms in total. The first-order chi connectivity index (χ1) is 26.9. The number of benzene rings is 9. The molecule has 0 saturated carbocycles. The van der Waals surface area contributed by atoms with Crippen LogP contribution in [0.2, 0.25) is 0 Å². The molecule has 1 heterocycles. The van der Waals surface area contributed by atoms with Crippen molar-refractivity contribution in [3.05, 3.63) is 146 Å². The van der Waals surface area contributed by atoms with Crippen LogP contribution in [0.25, 0.3) is 99.2 Å². The highest BCUT2D eigenvalue weighted by atomic mass is 16.4. The number of nitrogens with zero attached hydrogens (tertiary/aromatic N) is 3. The van der Waals surface area contributed by atoms with Crippen LogP contribution >= 0.6 is 0 Å². The van der Waals surface area contributed by atoms with E-state index in [1.807, 2.05) is 103 Å². The van der Waals surface area contributed by atoms with Crippen molar-refractivity contribution in [3.63, 3.8) is 0 Å². The fraction of sp³-hybridized carbons (Fsp3) is 0. The minimum absolute atomic E-state index is 0.233. The summed E-state index contributed by atoms with van der Waals surface area (Å²) in [6.07, 6.45) is 0. The Morgan fingerprint density at radius 1 is 0.291 bits per heavy atom. The van der Waals surface area contributed by atoms with Crippen LogP contribution in [0.3, 0.4) is 0 Å². The van der Waals surface area contributed by atoms with Crippen LogP contribution in [0.4, 0.5) is 0 Å². The number of hydrogen-bond acceptors (Lipinski definition) is 8. The van der Waals surface area contributed by atoms with Crippen molar-refractivity contribution < 1.29 is 25.5 Å². The summed E-state index contributed by atoms with van der Waals surface area (Å²) < 4.78 is 0. The molecule has 5 N–H and O–H groups in total. The van der Waals surface area contributed by atoms with Gasteiger partial charge < -0.3 is 25.5 Å². The number of rotatable bonds is 4. The second-order valence-electron chi connectivity index (χ2n) is 13.5. The molecule has 0 amide bonds. The number of aromatic hydroxyl groups is 5. The lowest BCUT2D eigenvalue weighted by Crippen LogP contribution is -2.02. The Kier molecular flexibility index (Phi) is 7.08. The SMILES string of the molecule is Oc1c(O)c(O)c(-c2c3ccccc3c(-c3nc(-c4ccccc4)nc(-c4cc5c6ccccc6ccc5c5ccccc45)n3)c3ccccc23)c(O)c1O. The second kappa shape index (κ2) is 12.2. The van der Waals surface area contributed by atoms with Crippen LogP contribution in [-0.4, -0.2) is 40.5 Å². The molecule has 0 spiro atoms. The molecular formula is C47H29N3O5. The molecule has 8 heteroatoms. The van der Waals surface area contributed by atoms with Crippen molar-refractivity contribution in [1.29, 1.82) is 0 Å². The molecule has 1 aromatic heterocycles. The Labute approximate surface area is 313 Å². The van der Waals surface area contributed by atoms with Gasteiger partial charge in [-0.1, -0.05) is 140 Å². The summed E-state index contributed by atoms with van der Waals surface area (Å²) in [6.45, 7) is 0. The quantitative estimate of drug-likeness (QED) is 0.0525. The Morgan fingerprint density at radius 2 is 0.745 bits per heavy atom. The average molecular weight is 716 g/mol. The van der Waals surface area contributed by atoms with E-state index < -0.39 is 28.7 Å². The molecule has 10 aromatic rings. The van der Waals surface area contributed by atoms with Gasteiger partial charge in [0.1, 0.15) is 0 Å². The maximum atomic E-state index is 11.2. The van der Waals surface area contributed by atoms with Crippen molar-refractivity contribution in [2.45, 2.75) is 0 Å². The summed E-state index contributed by atoms with van der Waals surface area (Å²) in [4.78, 5) is 15.6. The normalized spacial score (nSPS) is 11.6. The molecule has 9 aromatic carbocycles. The van der Waals surface area contributed by atoms with Crippen molar-refractivity contribution in [2.75, 3.05) is 0 Å². The Bertz CT molecular complexity index is 3130. The summed E-state index contributed by atoms with van der Waals surface area (Å²) in [5.41, 5.74) is 2.43. The van der Waals surface area contributed by atoms with Gasteiger partial charge in [0, 0.05) is 22.3 Å². The Morgan fingerprint density at radius 3 is 1.38 bits per heavy atom. The zero-order chi connectivity index (χ0) is 37.4. The summed E-state index contributed by atoms with van der Waals surface area (Å²) in [5.74, 6) is -3.13. The lowest BCUT2D eigenvalue weighted by atomic mass is 9.87. The van der Waals surface area contributed by atoms with Gasteiger partial charge in [0.15, 0.2) is 29.0 Å². The number of aromatic nitrogens is 3. The van der Waals surface area contributed by atoms with Gasteiger partial charge >= 0.3 is 0 Å². The van der Waals surface area contributed by atoms with Gasteiger partial charge in [0.2, 0.25) is 17.2 Å². The average Bonchev–Trinajstić information content (AvgIpc) is 3.24. The zero-order valence-corrected chi connectivity index (χ0v) is 28.9. The highest BCUT2D eigenvalue weighted by Crippen LogP contribution is 2.57. The molecule has 0 radical (unpaired) electrons. The van der Waals surface area contributed by atoms with E-state index in [0.717, 1.165) is 43.4 Å². The molecule has 0 unspecified atom stereocenters. The lowest BCUT2D eigenvalue weighted by Gasteiger charge is -2.20. The largest absolute Gasteiger partial charge is 0.504 e. The molecule has 0 aliphatic rings. The minimum Gasteiger partial charge on any atom is -0.504 e. The first-order valence-electron chi connectivity index (χ1n) is 17.7. The monoisotopic (exact) mass is 715 g/mol. The Hall–Kier alpha value is -7.71. The standard InChI is InChI=1S/C47H29N3O5/c51-40-39(41(52)43(54)44(55)42(40)53)37-31-18-8-10-20-33(31)38(34-21-11-9-19-32(34)37)47-49-45(26-13-2-1-3-14-26)48-46(50-47)36-24-35-27-15-5-4-12-25(27)22-23-30(35)28-16-6-7-17-29(28)36/h1-24,51-55H. The van der Waals surface area contributed by atoms with Crippen LogP contribution < -0.4 is 0 Å². The van der Waals surface area contributed by atoms with E-state index in [9.17, 15) is 25.5 Å². The first kappa shape index (κ1) is 32.0. The molecule has 262 valence electrons. The van der Waals surface area contributed by atoms with E-state index in [0.29, 0.717) is 50.1 Å². The lowest BCUT2D eigenvalue weighted by molar-refractivity contribution is 0.330. The van der Waals surface area contributed by atoms with Crippen molar-refractivity contribution in [1.82, 2.24) is 15.0 Å². The summed E-state index contributed by atoms with van der Waals surface area (Å²) in [7, 11) is 0. The highest BCUT2D eigenvalue weighted by Gasteiger charge is 2.29. The summed E-state index contributed by atoms with van der Waals surface area (Å²) >= 11 is 0. The van der Waals surface area contributed by atoms with Gasteiger partial charge in [-0.3, -0.25) is 0 Å². The van der Waals surface area contributed by atoms with E-state index in [2.05, 4.69) is 42.5 Å². The molecule has 0 saturated heterocycles. The van der Waals surface area contributed by atoms with E-state index in [1.54, 1.807) is 0 Å². The van der Waals surface area contributed by atoms with Gasteiger partial charge in [-0.25, -0.2) is 15.0 Å². The third-order valence-corrected chi connectivity index (χ3v) is 10.5. The topological polar surface area (TPSA) is 140 Å². The second-order valence-corrected chi connectivity index (χ2v) is 13.5. The van der Waals surface area contributed by atoms with Crippen LogP contribution in [-0.2, 0) is 0 Å². The minimum atomic E-state index is -1.02. The smallest absolute Gasteiger partial charge is 0.208 e. The maximum Gasteiger partial charge on any atom is 0.208 e. The zero-order valence-electron chi connectivity index (χ0n) is 28.9. The van der Waals surface area contributed by atoms with E-state index >= 15 is 0 Å². The highest BCUT2D eigenvalue weighted by molar-refractivity contribution is 6.23. The van der Waals surface area contributed by atoms with E-state index in [1.165, 1.54) is 0 Å². The third kappa shape index (κ3) is 4.82. The van der Waals surface area contributed by atoms with Gasteiger partial charge in [0.25, 0.3) is 0 Å². The van der Waals surface area contributed by atoms with Crippen LogP contribution in [0.15, 0.2) is 146 Å². The van der Waals surface area contributed by atoms with Crippen molar-refractivity contribution >= 4 is 53.9 Å². The predicted molar refractivity (Wildman–Crippen MR) is 217 cm³/mol. The maximum absolute atomic E-state index is 11.2. The molecule has 0 atom stereocenters. The number of hydrogen-bond donors (Lipinski definition) is 5. The fourth-order valence-corrected chi connectivity index (χ4v) is 7.93. The number of phenols is 5. The van der Waals surface area contributed by atoms with Crippen LogP contribution in [0, 0.1) is 0 Å². The fourth-order valence-electron chi connectivity index (χ4n) is 7.93. The van der Waals surface area contributed by atoms with Gasteiger partial charge in [-0.05, 0) is 59.9 Å². The van der Waals surface area contributed by atoms with Gasteiger partial charge in [-0.2, -0.15) is 0 Å². The van der Waals surface area contributed by atoms with E-state index in [4.69, 9.17) is 15.0 Å². The Balaban J connectivity index is 1.34. The molecule has 0 fully saturated rings. The summed E-state index contributed by atoms with van der Waals surface area (Å²) in [5, 5.41) is 62.8. The van der Waals surface area contributed by atoms with Gasteiger partial charge in [-0.15, -0.1) is 0 Å². The van der Waals surface area contributed by atoms with Crippen molar-refractivity contribution in [2.24, 2.45) is 0 Å². The number of phenolic OH excluding ortho intramolecular Hbond substituents is 5. The molecule has 0 aliphatic heterocycles. The molecule has 0 aliphatic carbocycles. The van der Waals surface area contributed by atoms with E-state index in [-0.39, 0.29) is 5.56 Å². The molecular weight excluding hydrogens is 687 g/mol.